The van der Waals surface area contributed by atoms with E-state index in [-0.39, 0.29) is 0 Å². The first-order valence-corrected chi connectivity index (χ1v) is 2.49. The van der Waals surface area contributed by atoms with E-state index in [2.05, 4.69) is 4.98 Å². The summed E-state index contributed by atoms with van der Waals surface area (Å²) in [5.74, 6) is 0. The summed E-state index contributed by atoms with van der Waals surface area (Å²) in [6, 6.07) is 3.76. The van der Waals surface area contributed by atoms with E-state index in [0.717, 1.165) is 12.0 Å². The van der Waals surface area contributed by atoms with Crippen LogP contribution in [0.2, 0.25) is 0 Å². The number of aldehydes is 1. The average Bonchev–Trinajstić information content (AvgIpc) is 2.19. The van der Waals surface area contributed by atoms with Crippen LogP contribution in [-0.4, -0.2) is 11.3 Å². The van der Waals surface area contributed by atoms with Crippen LogP contribution in [0.25, 0.3) is 0 Å². The molecule has 0 amide bonds. The predicted octanol–water partition coefficient (Wildman–Crippen LogP) is 0.756. The molecule has 0 fully saturated rings. The van der Waals surface area contributed by atoms with E-state index in [1.807, 2.05) is 12.1 Å². The number of aromatic nitrogens is 1. The molecule has 0 aliphatic heterocycles. The summed E-state index contributed by atoms with van der Waals surface area (Å²) in [7, 11) is 0. The molecular weight excluding hydrogens is 102 g/mol. The molecule has 0 saturated heterocycles. The Kier molecular flexibility index (Phi) is 1.47. The molecule has 0 spiro atoms. The molecule has 0 unspecified atom stereocenters. The Hall–Kier alpha value is -1.05. The summed E-state index contributed by atoms with van der Waals surface area (Å²) < 4.78 is 0. The standard InChI is InChI=1S/C6H7NO/c8-5-3-6-2-1-4-7-6/h1-2,4-5,7H,3H2. The van der Waals surface area contributed by atoms with Crippen molar-refractivity contribution in [1.29, 1.82) is 0 Å². The summed E-state index contributed by atoms with van der Waals surface area (Å²) in [6.07, 6.45) is 3.18. The fourth-order valence-corrected chi connectivity index (χ4v) is 0.584. The lowest BCUT2D eigenvalue weighted by Crippen LogP contribution is -1.82. The highest BCUT2D eigenvalue weighted by Gasteiger charge is 1.85. The summed E-state index contributed by atoms with van der Waals surface area (Å²) in [5.41, 5.74) is 0.972. The fourth-order valence-electron chi connectivity index (χ4n) is 0.584. The summed E-state index contributed by atoms with van der Waals surface area (Å²) >= 11 is 0. The number of hydrogen-bond acceptors (Lipinski definition) is 1. The molecule has 0 radical (unpaired) electrons. The Morgan fingerprint density at radius 2 is 2.62 bits per heavy atom. The van der Waals surface area contributed by atoms with E-state index < -0.39 is 0 Å². The lowest BCUT2D eigenvalue weighted by atomic mass is 10.3. The quantitative estimate of drug-likeness (QED) is 0.558. The van der Waals surface area contributed by atoms with Crippen molar-refractivity contribution >= 4 is 6.29 Å². The zero-order valence-electron chi connectivity index (χ0n) is 4.42. The molecule has 42 valence electrons. The van der Waals surface area contributed by atoms with Crippen molar-refractivity contribution in [2.75, 3.05) is 0 Å². The number of carbonyl (C=O) groups excluding carboxylic acids is 1. The predicted molar refractivity (Wildman–Crippen MR) is 30.6 cm³/mol. The highest BCUT2D eigenvalue weighted by atomic mass is 16.1. The zero-order valence-corrected chi connectivity index (χ0v) is 4.42. The van der Waals surface area contributed by atoms with Crippen LogP contribution in [-0.2, 0) is 11.2 Å². The van der Waals surface area contributed by atoms with Crippen molar-refractivity contribution in [1.82, 2.24) is 4.98 Å². The van der Waals surface area contributed by atoms with Gasteiger partial charge in [-0.15, -0.1) is 0 Å². The number of rotatable bonds is 2. The van der Waals surface area contributed by atoms with Gasteiger partial charge in [0.2, 0.25) is 0 Å². The molecule has 8 heavy (non-hydrogen) atoms. The van der Waals surface area contributed by atoms with Gasteiger partial charge in [-0.05, 0) is 12.1 Å². The van der Waals surface area contributed by atoms with Crippen molar-refractivity contribution < 1.29 is 4.79 Å². The van der Waals surface area contributed by atoms with Crippen LogP contribution >= 0.6 is 0 Å². The van der Waals surface area contributed by atoms with Crippen molar-refractivity contribution in [2.24, 2.45) is 0 Å². The van der Waals surface area contributed by atoms with Gasteiger partial charge in [0.15, 0.2) is 0 Å². The Labute approximate surface area is 47.5 Å². The Bertz CT molecular complexity index is 155. The number of H-pyrrole nitrogens is 1. The fraction of sp³-hybridized carbons (Fsp3) is 0.167. The van der Waals surface area contributed by atoms with Crippen LogP contribution in [0.15, 0.2) is 18.3 Å². The van der Waals surface area contributed by atoms with Gasteiger partial charge in [0.05, 0.1) is 0 Å². The molecule has 1 aromatic rings. The number of hydrogen-bond donors (Lipinski definition) is 1. The third-order valence-corrected chi connectivity index (χ3v) is 0.966. The van der Waals surface area contributed by atoms with Crippen LogP contribution in [0, 0.1) is 0 Å². The third kappa shape index (κ3) is 0.964. The van der Waals surface area contributed by atoms with Crippen LogP contribution in [0.4, 0.5) is 0 Å². The van der Waals surface area contributed by atoms with E-state index in [1.165, 1.54) is 0 Å². The van der Waals surface area contributed by atoms with E-state index in [1.54, 1.807) is 6.20 Å². The highest BCUT2D eigenvalue weighted by molar-refractivity contribution is 5.53. The normalized spacial score (nSPS) is 9.00. The molecule has 2 heteroatoms. The van der Waals surface area contributed by atoms with Crippen LogP contribution < -0.4 is 0 Å². The maximum absolute atomic E-state index is 9.85. The Morgan fingerprint density at radius 3 is 3.12 bits per heavy atom. The van der Waals surface area contributed by atoms with Crippen molar-refractivity contribution in [3.05, 3.63) is 24.0 Å². The molecule has 0 saturated carbocycles. The van der Waals surface area contributed by atoms with Crippen molar-refractivity contribution in [3.63, 3.8) is 0 Å². The third-order valence-electron chi connectivity index (χ3n) is 0.966. The van der Waals surface area contributed by atoms with Crippen molar-refractivity contribution in [2.45, 2.75) is 6.42 Å². The first kappa shape index (κ1) is 5.09. The molecule has 0 atom stereocenters. The van der Waals surface area contributed by atoms with Gasteiger partial charge in [-0.25, -0.2) is 0 Å². The number of carbonyl (C=O) groups is 1. The van der Waals surface area contributed by atoms with Gasteiger partial charge in [-0.1, -0.05) is 0 Å². The summed E-state index contributed by atoms with van der Waals surface area (Å²) in [5, 5.41) is 0. The molecule has 0 aromatic carbocycles. The van der Waals surface area contributed by atoms with Gasteiger partial charge in [-0.3, -0.25) is 0 Å². The topological polar surface area (TPSA) is 32.9 Å². The lowest BCUT2D eigenvalue weighted by molar-refractivity contribution is -0.107. The van der Waals surface area contributed by atoms with Crippen LogP contribution in [0.3, 0.4) is 0 Å². The second kappa shape index (κ2) is 2.31. The minimum absolute atomic E-state index is 0.493. The summed E-state index contributed by atoms with van der Waals surface area (Å²) in [4.78, 5) is 12.8. The van der Waals surface area contributed by atoms with Gasteiger partial charge in [-0.2, -0.15) is 0 Å². The minimum Gasteiger partial charge on any atom is -0.365 e. The lowest BCUT2D eigenvalue weighted by Gasteiger charge is -1.80. The molecular formula is C6H7NO. The monoisotopic (exact) mass is 109 g/mol. The van der Waals surface area contributed by atoms with Crippen molar-refractivity contribution in [3.8, 4) is 0 Å². The van der Waals surface area contributed by atoms with Gasteiger partial charge >= 0.3 is 0 Å². The van der Waals surface area contributed by atoms with Crippen LogP contribution in [0.5, 0.6) is 0 Å². The molecule has 1 heterocycles. The maximum Gasteiger partial charge on any atom is 0.125 e. The molecule has 0 aliphatic rings. The molecule has 1 aromatic heterocycles. The SMILES string of the molecule is O=CCc1ccc[nH]1. The molecule has 0 bridgehead atoms. The molecule has 1 N–H and O–H groups in total. The van der Waals surface area contributed by atoms with Gasteiger partial charge in [0.25, 0.3) is 0 Å². The van der Waals surface area contributed by atoms with E-state index in [4.69, 9.17) is 0 Å². The second-order valence-corrected chi connectivity index (χ2v) is 1.57. The van der Waals surface area contributed by atoms with Gasteiger partial charge in [0, 0.05) is 18.3 Å². The van der Waals surface area contributed by atoms with Crippen LogP contribution in [0.1, 0.15) is 5.69 Å². The minimum atomic E-state index is 0.493. The largest absolute Gasteiger partial charge is 0.365 e. The van der Waals surface area contributed by atoms with E-state index in [9.17, 15) is 4.79 Å². The Morgan fingerprint density at radius 1 is 1.75 bits per heavy atom. The molecule has 2 nitrogen and oxygen atoms in total. The first-order valence-electron chi connectivity index (χ1n) is 2.49. The molecule has 1 rings (SSSR count). The van der Waals surface area contributed by atoms with Gasteiger partial charge in [0.1, 0.15) is 6.29 Å². The maximum atomic E-state index is 9.85. The second-order valence-electron chi connectivity index (χ2n) is 1.57. The first-order chi connectivity index (χ1) is 3.93. The smallest absolute Gasteiger partial charge is 0.125 e. The molecule has 0 aliphatic carbocycles. The van der Waals surface area contributed by atoms with E-state index >= 15 is 0 Å². The average molecular weight is 109 g/mol. The zero-order chi connectivity index (χ0) is 5.82. The summed E-state index contributed by atoms with van der Waals surface area (Å²) in [6.45, 7) is 0. The Balaban J connectivity index is 2.62. The number of aromatic amines is 1. The van der Waals surface area contributed by atoms with E-state index in [0.29, 0.717) is 6.42 Å². The highest BCUT2D eigenvalue weighted by Crippen LogP contribution is 1.91. The van der Waals surface area contributed by atoms with Gasteiger partial charge < -0.3 is 9.78 Å². The number of nitrogens with one attached hydrogen (secondary N) is 1.